The summed E-state index contributed by atoms with van der Waals surface area (Å²) in [6.45, 7) is 7.01. The standard InChI is InChI=1S/C15H24N2O2/c1-13-11-15(3-6-16-13)19-12-14-4-7-17(8-5-14)9-10-18-2/h3,6,11,14H,4-5,7-10,12H2,1-2H3. The van der Waals surface area contributed by atoms with Gasteiger partial charge in [-0.2, -0.15) is 0 Å². The van der Waals surface area contributed by atoms with Crippen LogP contribution in [0.3, 0.4) is 0 Å². The Morgan fingerprint density at radius 3 is 2.84 bits per heavy atom. The van der Waals surface area contributed by atoms with Crippen molar-refractivity contribution in [2.75, 3.05) is 40.0 Å². The second-order valence-corrected chi connectivity index (χ2v) is 5.22. The lowest BCUT2D eigenvalue weighted by molar-refractivity contribution is 0.105. The highest BCUT2D eigenvalue weighted by Gasteiger charge is 2.19. The average molecular weight is 264 g/mol. The third-order valence-electron chi connectivity index (χ3n) is 3.67. The Labute approximate surface area is 115 Å². The van der Waals surface area contributed by atoms with E-state index in [1.807, 2.05) is 19.1 Å². The minimum Gasteiger partial charge on any atom is -0.493 e. The molecule has 0 atom stereocenters. The summed E-state index contributed by atoms with van der Waals surface area (Å²) in [7, 11) is 1.76. The van der Waals surface area contributed by atoms with Gasteiger partial charge >= 0.3 is 0 Å². The molecule has 0 amide bonds. The molecule has 2 rings (SSSR count). The van der Waals surface area contributed by atoms with E-state index in [0.29, 0.717) is 5.92 Å². The van der Waals surface area contributed by atoms with Crippen LogP contribution in [0.15, 0.2) is 18.3 Å². The van der Waals surface area contributed by atoms with Gasteiger partial charge < -0.3 is 14.4 Å². The van der Waals surface area contributed by atoms with Crippen molar-refractivity contribution in [3.63, 3.8) is 0 Å². The molecule has 1 aliphatic rings. The highest BCUT2D eigenvalue weighted by Crippen LogP contribution is 2.19. The van der Waals surface area contributed by atoms with Gasteiger partial charge in [-0.15, -0.1) is 0 Å². The van der Waals surface area contributed by atoms with E-state index in [0.717, 1.165) is 44.3 Å². The molecule has 0 spiro atoms. The van der Waals surface area contributed by atoms with E-state index >= 15 is 0 Å². The first-order chi connectivity index (χ1) is 9.28. The number of methoxy groups -OCH3 is 1. The maximum atomic E-state index is 5.86. The number of likely N-dealkylation sites (tertiary alicyclic amines) is 1. The van der Waals surface area contributed by atoms with Gasteiger partial charge in [0.15, 0.2) is 0 Å². The molecule has 0 N–H and O–H groups in total. The van der Waals surface area contributed by atoms with Crippen LogP contribution >= 0.6 is 0 Å². The van der Waals surface area contributed by atoms with Crippen molar-refractivity contribution in [2.45, 2.75) is 19.8 Å². The molecule has 19 heavy (non-hydrogen) atoms. The molecule has 0 aliphatic carbocycles. The Balaban J connectivity index is 1.68. The molecule has 0 radical (unpaired) electrons. The zero-order valence-electron chi connectivity index (χ0n) is 12.0. The summed E-state index contributed by atoms with van der Waals surface area (Å²) in [5.74, 6) is 1.61. The smallest absolute Gasteiger partial charge is 0.122 e. The van der Waals surface area contributed by atoms with Crippen molar-refractivity contribution in [1.29, 1.82) is 0 Å². The van der Waals surface area contributed by atoms with Gasteiger partial charge in [-0.3, -0.25) is 4.98 Å². The highest BCUT2D eigenvalue weighted by atomic mass is 16.5. The molecule has 1 aliphatic heterocycles. The fourth-order valence-corrected chi connectivity index (χ4v) is 2.42. The lowest BCUT2D eigenvalue weighted by Crippen LogP contribution is -2.37. The number of aryl methyl sites for hydroxylation is 1. The number of hydrogen-bond donors (Lipinski definition) is 0. The molecular weight excluding hydrogens is 240 g/mol. The first-order valence-corrected chi connectivity index (χ1v) is 7.04. The van der Waals surface area contributed by atoms with E-state index in [9.17, 15) is 0 Å². The Hall–Kier alpha value is -1.13. The number of piperidine rings is 1. The quantitative estimate of drug-likeness (QED) is 0.788. The van der Waals surface area contributed by atoms with Gasteiger partial charge in [-0.1, -0.05) is 0 Å². The van der Waals surface area contributed by atoms with Gasteiger partial charge in [0.05, 0.1) is 13.2 Å². The van der Waals surface area contributed by atoms with Crippen LogP contribution in [-0.2, 0) is 4.74 Å². The summed E-state index contributed by atoms with van der Waals surface area (Å²) >= 11 is 0. The van der Waals surface area contributed by atoms with Gasteiger partial charge in [-0.05, 0) is 44.8 Å². The lowest BCUT2D eigenvalue weighted by Gasteiger charge is -2.31. The predicted molar refractivity (Wildman–Crippen MR) is 75.5 cm³/mol. The Morgan fingerprint density at radius 2 is 2.16 bits per heavy atom. The molecule has 0 saturated carbocycles. The monoisotopic (exact) mass is 264 g/mol. The Morgan fingerprint density at radius 1 is 1.37 bits per heavy atom. The van der Waals surface area contributed by atoms with E-state index in [4.69, 9.17) is 9.47 Å². The van der Waals surface area contributed by atoms with Crippen LogP contribution in [0, 0.1) is 12.8 Å². The van der Waals surface area contributed by atoms with Crippen molar-refractivity contribution in [3.05, 3.63) is 24.0 Å². The van der Waals surface area contributed by atoms with Crippen LogP contribution < -0.4 is 4.74 Å². The average Bonchev–Trinajstić information content (AvgIpc) is 2.44. The number of nitrogens with zero attached hydrogens (tertiary/aromatic N) is 2. The topological polar surface area (TPSA) is 34.6 Å². The minimum atomic E-state index is 0.673. The molecule has 0 unspecified atom stereocenters. The van der Waals surface area contributed by atoms with Crippen LogP contribution in [0.4, 0.5) is 0 Å². The van der Waals surface area contributed by atoms with Crippen LogP contribution in [-0.4, -0.2) is 49.8 Å². The van der Waals surface area contributed by atoms with Crippen LogP contribution in [0.1, 0.15) is 18.5 Å². The zero-order chi connectivity index (χ0) is 13.5. The number of hydrogen-bond acceptors (Lipinski definition) is 4. The molecule has 1 aromatic rings. The fourth-order valence-electron chi connectivity index (χ4n) is 2.42. The summed E-state index contributed by atoms with van der Waals surface area (Å²) in [4.78, 5) is 6.64. The summed E-state index contributed by atoms with van der Waals surface area (Å²) in [6, 6.07) is 3.93. The van der Waals surface area contributed by atoms with E-state index in [-0.39, 0.29) is 0 Å². The van der Waals surface area contributed by atoms with Crippen LogP contribution in [0.2, 0.25) is 0 Å². The fraction of sp³-hybridized carbons (Fsp3) is 0.667. The molecule has 1 aromatic heterocycles. The summed E-state index contributed by atoms with van der Waals surface area (Å²) in [6.07, 6.45) is 4.24. The van der Waals surface area contributed by atoms with Crippen molar-refractivity contribution >= 4 is 0 Å². The molecule has 2 heterocycles. The lowest BCUT2D eigenvalue weighted by atomic mass is 9.98. The molecule has 1 saturated heterocycles. The first kappa shape index (κ1) is 14.3. The second kappa shape index (κ2) is 7.46. The van der Waals surface area contributed by atoms with E-state index in [2.05, 4.69) is 9.88 Å². The van der Waals surface area contributed by atoms with E-state index in [1.165, 1.54) is 12.8 Å². The Kier molecular flexibility index (Phi) is 5.61. The first-order valence-electron chi connectivity index (χ1n) is 7.04. The molecule has 4 heteroatoms. The maximum Gasteiger partial charge on any atom is 0.122 e. The largest absolute Gasteiger partial charge is 0.493 e. The number of ether oxygens (including phenoxy) is 2. The molecular formula is C15H24N2O2. The summed E-state index contributed by atoms with van der Waals surface area (Å²) in [5.41, 5.74) is 1.01. The number of rotatable bonds is 6. The third kappa shape index (κ3) is 4.80. The Bertz CT molecular complexity index is 376. The molecule has 4 nitrogen and oxygen atoms in total. The van der Waals surface area contributed by atoms with Crippen molar-refractivity contribution in [1.82, 2.24) is 9.88 Å². The van der Waals surface area contributed by atoms with E-state index in [1.54, 1.807) is 13.3 Å². The minimum absolute atomic E-state index is 0.673. The summed E-state index contributed by atoms with van der Waals surface area (Å²) in [5, 5.41) is 0. The van der Waals surface area contributed by atoms with Gasteiger partial charge in [0.1, 0.15) is 5.75 Å². The number of aromatic nitrogens is 1. The highest BCUT2D eigenvalue weighted by molar-refractivity contribution is 5.21. The molecule has 106 valence electrons. The SMILES string of the molecule is COCCN1CCC(COc2ccnc(C)c2)CC1. The van der Waals surface area contributed by atoms with Gasteiger partial charge in [0, 0.05) is 31.6 Å². The van der Waals surface area contributed by atoms with Crippen LogP contribution in [0.5, 0.6) is 5.75 Å². The second-order valence-electron chi connectivity index (χ2n) is 5.22. The van der Waals surface area contributed by atoms with Crippen molar-refractivity contribution < 1.29 is 9.47 Å². The third-order valence-corrected chi connectivity index (χ3v) is 3.67. The molecule has 1 fully saturated rings. The van der Waals surface area contributed by atoms with Gasteiger partial charge in [0.25, 0.3) is 0 Å². The van der Waals surface area contributed by atoms with Crippen LogP contribution in [0.25, 0.3) is 0 Å². The molecule has 0 bridgehead atoms. The van der Waals surface area contributed by atoms with Crippen molar-refractivity contribution in [3.8, 4) is 5.75 Å². The van der Waals surface area contributed by atoms with Gasteiger partial charge in [-0.25, -0.2) is 0 Å². The van der Waals surface area contributed by atoms with Crippen molar-refractivity contribution in [2.24, 2.45) is 5.92 Å². The predicted octanol–water partition coefficient (Wildman–Crippen LogP) is 2.13. The van der Waals surface area contributed by atoms with Gasteiger partial charge in [0.2, 0.25) is 0 Å². The number of pyridine rings is 1. The maximum absolute atomic E-state index is 5.86. The van der Waals surface area contributed by atoms with E-state index < -0.39 is 0 Å². The molecule has 0 aromatic carbocycles. The normalized spacial score (nSPS) is 17.6. The summed E-state index contributed by atoms with van der Waals surface area (Å²) < 4.78 is 11.0. The zero-order valence-corrected chi connectivity index (χ0v) is 12.0.